The van der Waals surface area contributed by atoms with E-state index in [2.05, 4.69) is 5.32 Å². The van der Waals surface area contributed by atoms with Gasteiger partial charge in [-0.05, 0) is 75.9 Å². The number of rotatable bonds is 6. The zero-order chi connectivity index (χ0) is 39.7. The number of halogens is 1. The van der Waals surface area contributed by atoms with Crippen LogP contribution in [0.3, 0.4) is 0 Å². The summed E-state index contributed by atoms with van der Waals surface area (Å²) in [6.07, 6.45) is 0.775. The molecule has 4 aliphatic heterocycles. The van der Waals surface area contributed by atoms with E-state index in [4.69, 9.17) is 30.5 Å². The van der Waals surface area contributed by atoms with Crippen LogP contribution >= 0.6 is 11.6 Å². The Morgan fingerprint density at radius 2 is 1.83 bits per heavy atom. The van der Waals surface area contributed by atoms with Crippen molar-refractivity contribution in [3.8, 4) is 5.75 Å². The minimum absolute atomic E-state index is 0.119. The predicted molar refractivity (Wildman–Crippen MR) is 201 cm³/mol. The van der Waals surface area contributed by atoms with Gasteiger partial charge in [0.25, 0.3) is 5.91 Å². The number of ether oxygens (including phenoxy) is 4. The smallest absolute Gasteiger partial charge is 0.409 e. The number of allylic oxidation sites excluding steroid dienone is 3. The van der Waals surface area contributed by atoms with Crippen molar-refractivity contribution in [2.24, 2.45) is 0 Å². The standard InChI is InChI=1S/C40H50ClN3O10/c1-9-25-13-15-27(16-14-25)35(47)43(6)24(3)36(48)52-31-20-33(46)44(7)28-18-26(19-29(51-8)34(28)41)17-23(2)11-10-12-30(45)40(50)21-32(53-37(49)42-40)39(5)22-38(31,4)54-39/h10-16,18-19,24,30-32,45,50H,9,17,20-22H2,1-8H3,(H,42,49)/b12-10+,23-11+/t24-,30+,31-,32-,38+,39-,40-/m0/s1. The number of fused-ring (bicyclic) bond motifs is 6. The number of methoxy groups -OCH3 is 1. The maximum atomic E-state index is 14.2. The van der Waals surface area contributed by atoms with Gasteiger partial charge >= 0.3 is 12.1 Å². The van der Waals surface area contributed by atoms with E-state index in [1.54, 1.807) is 57.3 Å². The molecule has 3 N–H and O–H groups in total. The Morgan fingerprint density at radius 3 is 2.46 bits per heavy atom. The van der Waals surface area contributed by atoms with Gasteiger partial charge in [0.2, 0.25) is 5.91 Å². The van der Waals surface area contributed by atoms with Crippen molar-refractivity contribution < 1.29 is 48.3 Å². The van der Waals surface area contributed by atoms with Crippen LogP contribution in [0.1, 0.15) is 75.4 Å². The van der Waals surface area contributed by atoms with Crippen LogP contribution < -0.4 is 15.0 Å². The normalized spacial score (nSPS) is 30.8. The first-order chi connectivity index (χ1) is 25.3. The molecule has 14 heteroatoms. The first kappa shape index (κ1) is 40.7. The first-order valence-corrected chi connectivity index (χ1v) is 18.3. The molecular weight excluding hydrogens is 718 g/mol. The molecule has 0 spiro atoms. The quantitative estimate of drug-likeness (QED) is 0.345. The van der Waals surface area contributed by atoms with E-state index in [1.165, 1.54) is 37.0 Å². The van der Waals surface area contributed by atoms with Gasteiger partial charge < -0.3 is 39.0 Å². The molecule has 2 aromatic rings. The van der Waals surface area contributed by atoms with Gasteiger partial charge in [0.05, 0.1) is 19.2 Å². The Kier molecular flexibility index (Phi) is 11.9. The number of carbonyl (C=O) groups is 4. The van der Waals surface area contributed by atoms with Gasteiger partial charge in [-0.2, -0.15) is 0 Å². The molecule has 0 radical (unpaired) electrons. The summed E-state index contributed by atoms with van der Waals surface area (Å²) in [7, 11) is 4.53. The van der Waals surface area contributed by atoms with Crippen molar-refractivity contribution in [1.29, 1.82) is 0 Å². The van der Waals surface area contributed by atoms with Crippen LogP contribution in [0.2, 0.25) is 5.02 Å². The number of hydrogen-bond acceptors (Lipinski definition) is 10. The van der Waals surface area contributed by atoms with E-state index in [9.17, 15) is 29.4 Å². The Labute approximate surface area is 320 Å². The van der Waals surface area contributed by atoms with Gasteiger partial charge in [-0.1, -0.05) is 54.5 Å². The second-order valence-corrected chi connectivity index (χ2v) is 15.3. The van der Waals surface area contributed by atoms with E-state index < -0.39 is 59.3 Å². The van der Waals surface area contributed by atoms with Crippen LogP contribution in [-0.2, 0) is 36.6 Å². The molecule has 3 amide bonds. The number of benzene rings is 2. The summed E-state index contributed by atoms with van der Waals surface area (Å²) in [5, 5.41) is 25.1. The zero-order valence-corrected chi connectivity index (χ0v) is 32.7. The van der Waals surface area contributed by atoms with Crippen molar-refractivity contribution in [3.63, 3.8) is 0 Å². The van der Waals surface area contributed by atoms with Crippen molar-refractivity contribution in [2.45, 2.75) is 108 Å². The van der Waals surface area contributed by atoms with Crippen LogP contribution in [0.5, 0.6) is 5.75 Å². The molecule has 2 saturated heterocycles. The fourth-order valence-electron chi connectivity index (χ4n) is 7.30. The lowest BCUT2D eigenvalue weighted by molar-refractivity contribution is -0.328. The number of nitrogens with one attached hydrogen (secondary N) is 1. The lowest BCUT2D eigenvalue weighted by atomic mass is 9.72. The molecule has 0 saturated carbocycles. The second kappa shape index (κ2) is 15.7. The molecule has 13 nitrogen and oxygen atoms in total. The summed E-state index contributed by atoms with van der Waals surface area (Å²) in [6.45, 7) is 8.77. The highest BCUT2D eigenvalue weighted by Crippen LogP contribution is 2.50. The van der Waals surface area contributed by atoms with Crippen LogP contribution in [0.4, 0.5) is 10.5 Å². The minimum atomic E-state index is -2.09. The number of aliphatic hydroxyl groups excluding tert-OH is 1. The number of aryl methyl sites for hydroxylation is 1. The fourth-order valence-corrected chi connectivity index (χ4v) is 7.61. The largest absolute Gasteiger partial charge is 0.495 e. The highest BCUT2D eigenvalue weighted by atomic mass is 35.5. The van der Waals surface area contributed by atoms with E-state index in [0.717, 1.165) is 23.1 Å². The molecule has 6 rings (SSSR count). The molecular formula is C40H50ClN3O10. The van der Waals surface area contributed by atoms with Gasteiger partial charge in [-0.15, -0.1) is 0 Å². The third-order valence-corrected chi connectivity index (χ3v) is 11.1. The van der Waals surface area contributed by atoms with Crippen LogP contribution in [0.25, 0.3) is 0 Å². The molecule has 4 heterocycles. The Morgan fingerprint density at radius 1 is 1.17 bits per heavy atom. The number of likely N-dealkylation sites (N-methyl/N-ethyl adjacent to an activating group) is 1. The number of carbonyl (C=O) groups excluding carboxylic acids is 4. The number of alkyl carbamates (subject to hydrolysis) is 1. The minimum Gasteiger partial charge on any atom is -0.495 e. The van der Waals surface area contributed by atoms with Gasteiger partial charge in [-0.3, -0.25) is 14.9 Å². The third-order valence-electron chi connectivity index (χ3n) is 10.7. The van der Waals surface area contributed by atoms with Crippen molar-refractivity contribution in [1.82, 2.24) is 10.2 Å². The Bertz CT molecular complexity index is 1840. The summed E-state index contributed by atoms with van der Waals surface area (Å²) in [4.78, 5) is 56.8. The van der Waals surface area contributed by atoms with Crippen molar-refractivity contribution in [3.05, 3.63) is 81.9 Å². The Balaban J connectivity index is 1.50. The average Bonchev–Trinajstić information content (AvgIpc) is 3.12. The molecule has 0 unspecified atom stereocenters. The fraction of sp³-hybridized carbons (Fsp3) is 0.500. The van der Waals surface area contributed by atoms with Gasteiger partial charge in [0.15, 0.2) is 5.72 Å². The maximum absolute atomic E-state index is 14.2. The number of anilines is 1. The molecule has 54 heavy (non-hydrogen) atoms. The van der Waals surface area contributed by atoms with Crippen LogP contribution in [-0.4, -0.2) is 101 Å². The number of amides is 3. The molecule has 0 aliphatic carbocycles. The summed E-state index contributed by atoms with van der Waals surface area (Å²) < 4.78 is 23.7. The molecule has 2 aromatic carbocycles. The summed E-state index contributed by atoms with van der Waals surface area (Å²) >= 11 is 6.75. The second-order valence-electron chi connectivity index (χ2n) is 14.9. The van der Waals surface area contributed by atoms with Crippen LogP contribution in [0.15, 0.2) is 60.2 Å². The molecule has 7 atom stereocenters. The SMILES string of the molecule is CCc1ccc(C(=O)N(C)[C@@H](C)C(=O)O[C@H]2CC(=O)N(C)c3cc(cc(OC)c3Cl)C/C(C)=C/C=C/[C@@H](O)[C@@]3(O)C[C@H](OC(=O)N3)[C@]3(C)C[C@@]2(C)O3)cc1. The molecule has 2 fully saturated rings. The van der Waals surface area contributed by atoms with Crippen LogP contribution in [0, 0.1) is 0 Å². The zero-order valence-electron chi connectivity index (χ0n) is 32.0. The number of aliphatic hydroxyl groups is 2. The maximum Gasteiger partial charge on any atom is 0.409 e. The van der Waals surface area contributed by atoms with E-state index in [0.29, 0.717) is 23.4 Å². The summed E-state index contributed by atoms with van der Waals surface area (Å²) in [5.74, 6) is -1.27. The monoisotopic (exact) mass is 767 g/mol. The highest BCUT2D eigenvalue weighted by molar-refractivity contribution is 6.35. The first-order valence-electron chi connectivity index (χ1n) is 18.0. The van der Waals surface area contributed by atoms with Gasteiger partial charge in [-0.25, -0.2) is 9.59 Å². The van der Waals surface area contributed by atoms with E-state index in [-0.39, 0.29) is 30.2 Å². The summed E-state index contributed by atoms with van der Waals surface area (Å²) in [5.41, 5.74) is -1.13. The lowest BCUT2D eigenvalue weighted by Crippen LogP contribution is -2.72. The highest BCUT2D eigenvalue weighted by Gasteiger charge is 2.63. The Hall–Kier alpha value is -4.43. The van der Waals surface area contributed by atoms with Crippen molar-refractivity contribution in [2.75, 3.05) is 26.1 Å². The van der Waals surface area contributed by atoms with E-state index >= 15 is 0 Å². The van der Waals surface area contributed by atoms with Gasteiger partial charge in [0.1, 0.15) is 46.3 Å². The molecule has 6 bridgehead atoms. The number of hydrogen-bond donors (Lipinski definition) is 3. The summed E-state index contributed by atoms with van der Waals surface area (Å²) in [6, 6.07) is 9.60. The van der Waals surface area contributed by atoms with Gasteiger partial charge in [0, 0.05) is 32.5 Å². The lowest BCUT2D eigenvalue weighted by Gasteiger charge is -2.59. The molecule has 0 aromatic heterocycles. The topological polar surface area (TPSA) is 164 Å². The van der Waals surface area contributed by atoms with Crippen molar-refractivity contribution >= 4 is 41.2 Å². The number of esters is 1. The van der Waals surface area contributed by atoms with E-state index in [1.807, 2.05) is 26.0 Å². The molecule has 292 valence electrons. The third kappa shape index (κ3) is 8.29. The predicted octanol–water partition coefficient (Wildman–Crippen LogP) is 4.88. The molecule has 4 aliphatic rings. The average molecular weight is 768 g/mol. The number of nitrogens with zero attached hydrogens (tertiary/aromatic N) is 2.